The Bertz CT molecular complexity index is 972. The lowest BCUT2D eigenvalue weighted by molar-refractivity contribution is 0.0638. The van der Waals surface area contributed by atoms with Crippen LogP contribution in [-0.2, 0) is 0 Å². The quantitative estimate of drug-likeness (QED) is 0.663. The van der Waals surface area contributed by atoms with Gasteiger partial charge >= 0.3 is 0 Å². The van der Waals surface area contributed by atoms with E-state index in [0.717, 1.165) is 61.7 Å². The van der Waals surface area contributed by atoms with Crippen molar-refractivity contribution >= 4 is 5.91 Å². The number of rotatable bonds is 5. The van der Waals surface area contributed by atoms with Gasteiger partial charge in [-0.05, 0) is 38.1 Å². The Balaban J connectivity index is 1.68. The zero-order valence-electron chi connectivity index (χ0n) is 17.2. The maximum absolute atomic E-state index is 13.4. The number of nitrogens with zero attached hydrogens (tertiary/aromatic N) is 4. The second kappa shape index (κ2) is 8.62. The molecule has 2 aromatic carbocycles. The predicted octanol–water partition coefficient (Wildman–Crippen LogP) is 4.02. The highest BCUT2D eigenvalue weighted by Crippen LogP contribution is 2.26. The second-order valence-corrected chi connectivity index (χ2v) is 7.67. The molecule has 2 heterocycles. The number of aromatic nitrogens is 2. The smallest absolute Gasteiger partial charge is 0.257 e. The zero-order chi connectivity index (χ0) is 20.2. The third kappa shape index (κ3) is 4.25. The number of amides is 1. The minimum Gasteiger partial charge on any atom is -0.336 e. The lowest BCUT2D eigenvalue weighted by atomic mass is 10.0. The maximum Gasteiger partial charge on any atom is 0.257 e. The Morgan fingerprint density at radius 1 is 1.00 bits per heavy atom. The van der Waals surface area contributed by atoms with Crippen LogP contribution in [0.4, 0.5) is 0 Å². The van der Waals surface area contributed by atoms with Crippen molar-refractivity contribution in [2.45, 2.75) is 20.3 Å². The summed E-state index contributed by atoms with van der Waals surface area (Å²) in [4.78, 5) is 17.8. The van der Waals surface area contributed by atoms with Crippen LogP contribution in [0.15, 0.2) is 60.8 Å². The van der Waals surface area contributed by atoms with Gasteiger partial charge in [0.25, 0.3) is 5.91 Å². The molecule has 1 aromatic heterocycles. The molecule has 0 N–H and O–H groups in total. The van der Waals surface area contributed by atoms with E-state index in [2.05, 4.69) is 30.9 Å². The fraction of sp³-hybridized carbons (Fsp3) is 0.333. The maximum atomic E-state index is 13.4. The summed E-state index contributed by atoms with van der Waals surface area (Å²) in [5.74, 6) is 0.0693. The molecule has 1 fully saturated rings. The number of piperazine rings is 1. The van der Waals surface area contributed by atoms with Gasteiger partial charge in [0.15, 0.2) is 0 Å². The first kappa shape index (κ1) is 19.4. The van der Waals surface area contributed by atoms with Gasteiger partial charge in [-0.15, -0.1) is 0 Å². The van der Waals surface area contributed by atoms with Gasteiger partial charge in [-0.2, -0.15) is 5.10 Å². The van der Waals surface area contributed by atoms with E-state index in [0.29, 0.717) is 5.56 Å². The van der Waals surface area contributed by atoms with E-state index >= 15 is 0 Å². The summed E-state index contributed by atoms with van der Waals surface area (Å²) in [5, 5.41) is 4.81. The van der Waals surface area contributed by atoms with E-state index in [9.17, 15) is 4.79 Å². The summed E-state index contributed by atoms with van der Waals surface area (Å²) in [6.07, 6.45) is 3.03. The molecule has 1 aliphatic heterocycles. The van der Waals surface area contributed by atoms with Crippen molar-refractivity contribution in [3.63, 3.8) is 0 Å². The van der Waals surface area contributed by atoms with Crippen LogP contribution in [0.1, 0.15) is 29.3 Å². The summed E-state index contributed by atoms with van der Waals surface area (Å²) in [7, 11) is 0. The van der Waals surface area contributed by atoms with Crippen molar-refractivity contribution in [3.8, 4) is 16.9 Å². The lowest BCUT2D eigenvalue weighted by Crippen LogP contribution is -2.48. The molecule has 0 spiro atoms. The van der Waals surface area contributed by atoms with Crippen molar-refractivity contribution in [1.29, 1.82) is 0 Å². The highest BCUT2D eigenvalue weighted by atomic mass is 16.2. The van der Waals surface area contributed by atoms with Crippen molar-refractivity contribution < 1.29 is 4.79 Å². The Hall–Kier alpha value is -2.92. The first-order valence-corrected chi connectivity index (χ1v) is 10.4. The average Bonchev–Trinajstić information content (AvgIpc) is 3.20. The Morgan fingerprint density at radius 2 is 1.76 bits per heavy atom. The summed E-state index contributed by atoms with van der Waals surface area (Å²) < 4.78 is 1.82. The number of carbonyl (C=O) groups excluding carboxylic acids is 1. The third-order valence-electron chi connectivity index (χ3n) is 5.46. The Morgan fingerprint density at radius 3 is 2.45 bits per heavy atom. The lowest BCUT2D eigenvalue weighted by Gasteiger charge is -2.34. The van der Waals surface area contributed by atoms with Crippen molar-refractivity contribution in [1.82, 2.24) is 19.6 Å². The van der Waals surface area contributed by atoms with Crippen LogP contribution in [0, 0.1) is 6.92 Å². The van der Waals surface area contributed by atoms with E-state index in [-0.39, 0.29) is 5.91 Å². The van der Waals surface area contributed by atoms with Gasteiger partial charge in [0.2, 0.25) is 0 Å². The Kier molecular flexibility index (Phi) is 5.76. The van der Waals surface area contributed by atoms with Crippen LogP contribution in [0.2, 0.25) is 0 Å². The third-order valence-corrected chi connectivity index (χ3v) is 5.46. The van der Waals surface area contributed by atoms with Gasteiger partial charge in [-0.1, -0.05) is 48.9 Å². The van der Waals surface area contributed by atoms with Gasteiger partial charge in [-0.25, -0.2) is 4.68 Å². The van der Waals surface area contributed by atoms with Crippen LogP contribution < -0.4 is 0 Å². The fourth-order valence-electron chi connectivity index (χ4n) is 3.91. The molecule has 5 nitrogen and oxygen atoms in total. The summed E-state index contributed by atoms with van der Waals surface area (Å²) in [6, 6.07) is 18.2. The Labute approximate surface area is 172 Å². The number of hydrogen-bond acceptors (Lipinski definition) is 3. The number of carbonyl (C=O) groups is 1. The molecular formula is C24H28N4O. The molecule has 150 valence electrons. The number of hydrogen-bond donors (Lipinski definition) is 0. The molecule has 0 bridgehead atoms. The molecular weight excluding hydrogens is 360 g/mol. The topological polar surface area (TPSA) is 41.4 Å². The first-order chi connectivity index (χ1) is 14.2. The molecule has 0 atom stereocenters. The highest BCUT2D eigenvalue weighted by molar-refractivity contribution is 6.00. The molecule has 0 saturated carbocycles. The van der Waals surface area contributed by atoms with Crippen LogP contribution in [0.5, 0.6) is 0 Å². The van der Waals surface area contributed by atoms with Crippen LogP contribution in [0.3, 0.4) is 0 Å². The van der Waals surface area contributed by atoms with Gasteiger partial charge in [0.05, 0.1) is 11.3 Å². The predicted molar refractivity (Wildman–Crippen MR) is 116 cm³/mol. The van der Waals surface area contributed by atoms with Crippen LogP contribution in [-0.4, -0.2) is 58.2 Å². The summed E-state index contributed by atoms with van der Waals surface area (Å²) >= 11 is 0. The minimum absolute atomic E-state index is 0.0693. The van der Waals surface area contributed by atoms with Gasteiger partial charge in [0, 0.05) is 37.9 Å². The second-order valence-electron chi connectivity index (χ2n) is 7.67. The van der Waals surface area contributed by atoms with E-state index in [1.165, 1.54) is 0 Å². The van der Waals surface area contributed by atoms with E-state index in [4.69, 9.17) is 5.10 Å². The van der Waals surface area contributed by atoms with Crippen molar-refractivity contribution in [2.24, 2.45) is 0 Å². The van der Waals surface area contributed by atoms with Gasteiger partial charge in [0.1, 0.15) is 5.69 Å². The van der Waals surface area contributed by atoms with Crippen molar-refractivity contribution in [2.75, 3.05) is 32.7 Å². The van der Waals surface area contributed by atoms with E-state index < -0.39 is 0 Å². The molecule has 1 amide bonds. The van der Waals surface area contributed by atoms with Crippen LogP contribution in [0.25, 0.3) is 16.9 Å². The van der Waals surface area contributed by atoms with Gasteiger partial charge < -0.3 is 4.90 Å². The van der Waals surface area contributed by atoms with Crippen molar-refractivity contribution in [3.05, 3.63) is 71.9 Å². The molecule has 0 aliphatic carbocycles. The average molecular weight is 389 g/mol. The minimum atomic E-state index is 0.0693. The molecule has 3 aromatic rings. The SMILES string of the molecule is CCCN1CCN(C(=O)c2cn(-c3ccccc3)nc2-c2cccc(C)c2)CC1. The fourth-order valence-corrected chi connectivity index (χ4v) is 3.91. The first-order valence-electron chi connectivity index (χ1n) is 10.4. The number of benzene rings is 2. The van der Waals surface area contributed by atoms with E-state index in [1.807, 2.05) is 58.2 Å². The largest absolute Gasteiger partial charge is 0.336 e. The van der Waals surface area contributed by atoms with Crippen LogP contribution >= 0.6 is 0 Å². The molecule has 4 rings (SSSR count). The molecule has 1 saturated heterocycles. The number of aryl methyl sites for hydroxylation is 1. The summed E-state index contributed by atoms with van der Waals surface area (Å²) in [6.45, 7) is 8.77. The van der Waals surface area contributed by atoms with E-state index in [1.54, 1.807) is 0 Å². The molecule has 0 unspecified atom stereocenters. The monoisotopic (exact) mass is 388 g/mol. The normalized spacial score (nSPS) is 14.9. The highest BCUT2D eigenvalue weighted by Gasteiger charge is 2.26. The number of para-hydroxylation sites is 1. The molecule has 5 heteroatoms. The molecule has 1 aliphatic rings. The summed E-state index contributed by atoms with van der Waals surface area (Å²) in [5.41, 5.74) is 4.51. The molecule has 29 heavy (non-hydrogen) atoms. The van der Waals surface area contributed by atoms with Gasteiger partial charge in [-0.3, -0.25) is 9.69 Å². The molecule has 0 radical (unpaired) electrons. The standard InChI is InChI=1S/C24H28N4O/c1-3-12-26-13-15-27(16-14-26)24(29)22-18-28(21-10-5-4-6-11-21)25-23(22)20-9-7-8-19(2)17-20/h4-11,17-18H,3,12-16H2,1-2H3. The zero-order valence-corrected chi connectivity index (χ0v) is 17.2.